The van der Waals surface area contributed by atoms with E-state index in [9.17, 15) is 13.2 Å². The number of aryl methyl sites for hydroxylation is 1. The van der Waals surface area contributed by atoms with Gasteiger partial charge in [-0.25, -0.2) is 13.2 Å². The highest BCUT2D eigenvalue weighted by molar-refractivity contribution is 7.93. The van der Waals surface area contributed by atoms with Crippen molar-refractivity contribution in [1.29, 1.82) is 0 Å². The molecule has 2 aromatic carbocycles. The van der Waals surface area contributed by atoms with Crippen molar-refractivity contribution in [3.63, 3.8) is 0 Å². The zero-order chi connectivity index (χ0) is 27.0. The zero-order valence-electron chi connectivity index (χ0n) is 22.0. The Kier molecular flexibility index (Phi) is 7.54. The van der Waals surface area contributed by atoms with Crippen molar-refractivity contribution in [2.45, 2.75) is 51.7 Å². The Morgan fingerprint density at radius 3 is 2.46 bits per heavy atom. The third-order valence-electron chi connectivity index (χ3n) is 5.95. The molecule has 10 heteroatoms. The van der Waals surface area contributed by atoms with Gasteiger partial charge in [-0.05, 0) is 56.6 Å². The fourth-order valence-electron chi connectivity index (χ4n) is 3.83. The molecule has 0 aliphatic rings. The van der Waals surface area contributed by atoms with E-state index in [1.54, 1.807) is 44.2 Å². The molecule has 0 spiro atoms. The Morgan fingerprint density at radius 2 is 1.76 bits per heavy atom. The third kappa shape index (κ3) is 6.08. The minimum Gasteiger partial charge on any atom is -0.467 e. The molecule has 0 aliphatic carbocycles. The van der Waals surface area contributed by atoms with E-state index in [-0.39, 0.29) is 18.2 Å². The molecule has 0 bridgehead atoms. The van der Waals surface area contributed by atoms with Gasteiger partial charge in [0.25, 0.3) is 0 Å². The Balaban J connectivity index is 1.86. The van der Waals surface area contributed by atoms with Crippen LogP contribution < -0.4 is 15.1 Å². The van der Waals surface area contributed by atoms with Crippen molar-refractivity contribution in [2.75, 3.05) is 18.1 Å². The van der Waals surface area contributed by atoms with E-state index in [1.165, 1.54) is 6.07 Å². The predicted molar refractivity (Wildman–Crippen MR) is 150 cm³/mol. The molecule has 0 radical (unpaired) electrons. The average molecular weight is 544 g/mol. The molecule has 1 N–H and O–H groups in total. The molecular weight excluding hydrogens is 510 g/mol. The normalized spacial score (nSPS) is 12.5. The molecule has 0 saturated heterocycles. The van der Waals surface area contributed by atoms with Gasteiger partial charge >= 0.3 is 5.63 Å². The average Bonchev–Trinajstić information content (AvgIpc) is 3.14. The van der Waals surface area contributed by atoms with Gasteiger partial charge in [0.05, 0.1) is 10.6 Å². The largest absolute Gasteiger partial charge is 0.467 e. The van der Waals surface area contributed by atoms with Crippen molar-refractivity contribution in [3.05, 3.63) is 58.4 Å². The molecule has 0 atom stereocenters. The maximum atomic E-state index is 12.9. The highest BCUT2D eigenvalue weighted by Gasteiger charge is 2.26. The van der Waals surface area contributed by atoms with Crippen LogP contribution in [0.2, 0.25) is 25.7 Å². The molecule has 37 heavy (non-hydrogen) atoms. The summed E-state index contributed by atoms with van der Waals surface area (Å²) >= 11 is 0. The Morgan fingerprint density at radius 1 is 1.03 bits per heavy atom. The molecule has 2 aromatic heterocycles. The minimum atomic E-state index is -3.72. The lowest BCUT2D eigenvalue weighted by Crippen LogP contribution is -2.22. The summed E-state index contributed by atoms with van der Waals surface area (Å²) in [6, 6.07) is 13.0. The number of rotatable bonds is 10. The maximum absolute atomic E-state index is 12.9. The Hall–Kier alpha value is -3.08. The molecule has 8 nitrogen and oxygen atoms in total. The van der Waals surface area contributed by atoms with Crippen LogP contribution >= 0.6 is 0 Å². The van der Waals surface area contributed by atoms with Gasteiger partial charge in [0, 0.05) is 31.7 Å². The lowest BCUT2D eigenvalue weighted by molar-refractivity contribution is 0.0229. The first-order valence-corrected chi connectivity index (χ1v) is 17.4. The first-order chi connectivity index (χ1) is 17.4. The van der Waals surface area contributed by atoms with Crippen LogP contribution in [-0.4, -0.2) is 35.1 Å². The van der Waals surface area contributed by atoms with Gasteiger partial charge < -0.3 is 18.3 Å². The fraction of sp³-hybridized carbons (Fsp3) is 0.370. The van der Waals surface area contributed by atoms with Crippen molar-refractivity contribution >= 4 is 45.7 Å². The second-order valence-corrected chi connectivity index (χ2v) is 18.5. The second kappa shape index (κ2) is 10.4. The topological polar surface area (TPSA) is 108 Å². The predicted octanol–water partition coefficient (Wildman–Crippen LogP) is 6.36. The van der Waals surface area contributed by atoms with E-state index in [1.807, 2.05) is 13.0 Å². The van der Waals surface area contributed by atoms with E-state index in [2.05, 4.69) is 24.4 Å². The van der Waals surface area contributed by atoms with Gasteiger partial charge in [0.1, 0.15) is 22.6 Å². The Labute approximate surface area is 217 Å². The number of hydrogen-bond acceptors (Lipinski definition) is 7. The standard InChI is InChI=1S/C27H33NO7SSi/c1-17(2)36(30,31)28-26-19-9-7-8-10-21(19)35-27(26)20-15-24(29)34-23-14-18(3)13-22(25(20)23)33-16-32-11-12-37(4,5)6/h7-10,13-15,17,28H,11-12,16H2,1-6H3. The monoisotopic (exact) mass is 543 g/mol. The van der Waals surface area contributed by atoms with Crippen LogP contribution in [-0.2, 0) is 14.8 Å². The van der Waals surface area contributed by atoms with Crippen LogP contribution in [0.25, 0.3) is 33.3 Å². The number of benzene rings is 2. The molecule has 0 fully saturated rings. The van der Waals surface area contributed by atoms with Gasteiger partial charge in [-0.15, -0.1) is 0 Å². The lowest BCUT2D eigenvalue weighted by atomic mass is 10.0. The van der Waals surface area contributed by atoms with Gasteiger partial charge in [0.15, 0.2) is 12.6 Å². The van der Waals surface area contributed by atoms with Gasteiger partial charge in [-0.2, -0.15) is 0 Å². The molecule has 4 aromatic rings. The number of hydrogen-bond donors (Lipinski definition) is 1. The van der Waals surface area contributed by atoms with Crippen molar-refractivity contribution in [1.82, 2.24) is 0 Å². The van der Waals surface area contributed by atoms with Crippen molar-refractivity contribution < 1.29 is 26.7 Å². The minimum absolute atomic E-state index is 0.0224. The lowest BCUT2D eigenvalue weighted by Gasteiger charge is -2.16. The molecular formula is C27H33NO7SSi. The number of para-hydroxylation sites is 1. The summed E-state index contributed by atoms with van der Waals surface area (Å²) < 4.78 is 51.8. The van der Waals surface area contributed by atoms with E-state index in [4.69, 9.17) is 18.3 Å². The second-order valence-electron chi connectivity index (χ2n) is 10.6. The summed E-state index contributed by atoms with van der Waals surface area (Å²) in [6.07, 6.45) is 0. The van der Waals surface area contributed by atoms with Crippen LogP contribution in [0.3, 0.4) is 0 Å². The smallest absolute Gasteiger partial charge is 0.336 e. The molecule has 0 aliphatic heterocycles. The fourth-order valence-corrected chi connectivity index (χ4v) is 5.31. The molecule has 0 unspecified atom stereocenters. The first kappa shape index (κ1) is 27.0. The Bertz CT molecular complexity index is 1600. The number of nitrogens with one attached hydrogen (secondary N) is 1. The highest BCUT2D eigenvalue weighted by atomic mass is 32.2. The van der Waals surface area contributed by atoms with Crippen molar-refractivity contribution in [2.24, 2.45) is 0 Å². The molecule has 0 amide bonds. The molecule has 2 heterocycles. The van der Waals surface area contributed by atoms with Gasteiger partial charge in [-0.1, -0.05) is 31.8 Å². The quantitative estimate of drug-likeness (QED) is 0.107. The maximum Gasteiger partial charge on any atom is 0.336 e. The SMILES string of the molecule is Cc1cc(OCOCC[Si](C)(C)C)c2c(-c3oc4ccccc4c3NS(=O)(=O)C(C)C)cc(=O)oc2c1. The van der Waals surface area contributed by atoms with Gasteiger partial charge in [0.2, 0.25) is 10.0 Å². The van der Waals surface area contributed by atoms with Crippen molar-refractivity contribution in [3.8, 4) is 17.1 Å². The van der Waals surface area contributed by atoms with Crippen LogP contribution in [0.4, 0.5) is 5.69 Å². The number of fused-ring (bicyclic) bond motifs is 2. The number of furan rings is 1. The zero-order valence-corrected chi connectivity index (χ0v) is 23.8. The number of sulfonamides is 1. The van der Waals surface area contributed by atoms with Crippen LogP contribution in [0, 0.1) is 6.92 Å². The van der Waals surface area contributed by atoms with Crippen LogP contribution in [0.15, 0.2) is 56.1 Å². The van der Waals surface area contributed by atoms with E-state index in [0.29, 0.717) is 39.9 Å². The third-order valence-corrected chi connectivity index (χ3v) is 9.39. The summed E-state index contributed by atoms with van der Waals surface area (Å²) in [6.45, 7) is 12.5. The summed E-state index contributed by atoms with van der Waals surface area (Å²) in [7, 11) is -4.96. The highest BCUT2D eigenvalue weighted by Crippen LogP contribution is 2.43. The molecule has 0 saturated carbocycles. The van der Waals surface area contributed by atoms with Gasteiger partial charge in [-0.3, -0.25) is 4.72 Å². The summed E-state index contributed by atoms with van der Waals surface area (Å²) in [5.41, 5.74) is 1.64. The van der Waals surface area contributed by atoms with E-state index >= 15 is 0 Å². The summed E-state index contributed by atoms with van der Waals surface area (Å²) in [5.74, 6) is 0.650. The summed E-state index contributed by atoms with van der Waals surface area (Å²) in [5, 5.41) is 0.386. The number of anilines is 1. The molecule has 4 rings (SSSR count). The van der Waals surface area contributed by atoms with E-state index in [0.717, 1.165) is 11.6 Å². The first-order valence-electron chi connectivity index (χ1n) is 12.2. The summed E-state index contributed by atoms with van der Waals surface area (Å²) in [4.78, 5) is 12.6. The van der Waals surface area contributed by atoms with E-state index < -0.39 is 29.0 Å². The van der Waals surface area contributed by atoms with Crippen LogP contribution in [0.5, 0.6) is 5.75 Å². The number of ether oxygens (including phenoxy) is 2. The molecule has 198 valence electrons. The van der Waals surface area contributed by atoms with Crippen LogP contribution in [0.1, 0.15) is 19.4 Å².